The molecule has 1 heterocycles. The first-order valence-corrected chi connectivity index (χ1v) is 20.4. The van der Waals surface area contributed by atoms with Crippen LogP contribution in [-0.4, -0.2) is 4.57 Å². The molecule has 10 rings (SSSR count). The summed E-state index contributed by atoms with van der Waals surface area (Å²) in [6.45, 7) is 18.8. The van der Waals surface area contributed by atoms with E-state index < -0.39 is 0 Å². The maximum atomic E-state index is 2.53. The second-order valence-corrected chi connectivity index (χ2v) is 18.7. The van der Waals surface area contributed by atoms with Gasteiger partial charge >= 0.3 is 0 Å². The van der Waals surface area contributed by atoms with Gasteiger partial charge in [-0.25, -0.2) is 0 Å². The van der Waals surface area contributed by atoms with Gasteiger partial charge in [0.2, 0.25) is 0 Å². The third-order valence-corrected chi connectivity index (χ3v) is 12.6. The number of benzene rings is 8. The van der Waals surface area contributed by atoms with Gasteiger partial charge in [0.15, 0.2) is 0 Å². The van der Waals surface area contributed by atoms with Gasteiger partial charge in [-0.05, 0) is 109 Å². The second kappa shape index (κ2) is 12.4. The van der Waals surface area contributed by atoms with Crippen LogP contribution in [0, 0.1) is 0 Å². The highest BCUT2D eigenvalue weighted by molar-refractivity contribution is 6.19. The fourth-order valence-corrected chi connectivity index (χ4v) is 9.57. The van der Waals surface area contributed by atoms with Crippen LogP contribution in [-0.2, 0) is 16.2 Å². The molecule has 0 aliphatic heterocycles. The molecule has 0 N–H and O–H groups in total. The number of hydrogen-bond acceptors (Lipinski definition) is 1. The highest BCUT2D eigenvalue weighted by Gasteiger charge is 2.39. The monoisotopic (exact) mass is 738 g/mol. The minimum absolute atomic E-state index is 0.00160. The molecule has 1 aromatic heterocycles. The van der Waals surface area contributed by atoms with Crippen molar-refractivity contribution in [3.8, 4) is 16.8 Å². The van der Waals surface area contributed by atoms with Gasteiger partial charge in [-0.1, -0.05) is 165 Å². The smallest absolute Gasteiger partial charge is 0.0562 e. The molecule has 57 heavy (non-hydrogen) atoms. The Morgan fingerprint density at radius 3 is 1.74 bits per heavy atom. The zero-order valence-corrected chi connectivity index (χ0v) is 34.4. The average Bonchev–Trinajstić information content (AvgIpc) is 3.66. The molecular weight excluding hydrogens is 689 g/mol. The van der Waals surface area contributed by atoms with E-state index in [9.17, 15) is 0 Å². The molecular formula is C55H50N2. The molecule has 0 bridgehead atoms. The molecule has 0 saturated carbocycles. The molecule has 9 aromatic rings. The lowest BCUT2D eigenvalue weighted by atomic mass is 9.80. The Morgan fingerprint density at radius 1 is 0.456 bits per heavy atom. The molecule has 1 aliphatic rings. The molecule has 1 aliphatic carbocycles. The Bertz CT molecular complexity index is 3020. The van der Waals surface area contributed by atoms with Gasteiger partial charge < -0.3 is 9.47 Å². The lowest BCUT2D eigenvalue weighted by molar-refractivity contribution is 0.568. The third-order valence-electron chi connectivity index (χ3n) is 12.6. The fourth-order valence-electron chi connectivity index (χ4n) is 9.57. The molecule has 2 nitrogen and oxygen atoms in total. The summed E-state index contributed by atoms with van der Waals surface area (Å²) in [5.41, 5.74) is 15.1. The van der Waals surface area contributed by atoms with E-state index in [0.717, 1.165) is 5.69 Å². The standard InChI is InChI=1S/C55H50N2/c1-53(2,3)36-31-37(54(4,5)6)33-39(32-36)57-46-26-17-16-25-43(46)52-47(27-18-28-48(52)57)56(38-20-10-9-11-21-38)49-34-45-51(42-24-15-14-23-41(42)49)50-40-22-13-12-19-35(40)29-30-44(50)55(45,7)8/h9-34H,1-8H3. The van der Waals surface area contributed by atoms with Crippen LogP contribution in [0.15, 0.2) is 158 Å². The van der Waals surface area contributed by atoms with Crippen molar-refractivity contribution < 1.29 is 0 Å². The Morgan fingerprint density at radius 2 is 1.04 bits per heavy atom. The van der Waals surface area contributed by atoms with E-state index in [1.165, 1.54) is 93.8 Å². The Labute approximate surface area is 337 Å². The molecule has 0 saturated heterocycles. The summed E-state index contributed by atoms with van der Waals surface area (Å²) >= 11 is 0. The van der Waals surface area contributed by atoms with Crippen LogP contribution < -0.4 is 4.90 Å². The molecule has 280 valence electrons. The number of aromatic nitrogens is 1. The van der Waals surface area contributed by atoms with Crippen LogP contribution in [0.3, 0.4) is 0 Å². The summed E-state index contributed by atoms with van der Waals surface area (Å²) in [5, 5.41) is 7.62. The molecule has 0 atom stereocenters. The van der Waals surface area contributed by atoms with Gasteiger partial charge in [-0.2, -0.15) is 0 Å². The largest absolute Gasteiger partial charge is 0.309 e. The molecule has 0 spiro atoms. The molecule has 8 aromatic carbocycles. The van der Waals surface area contributed by atoms with Crippen molar-refractivity contribution in [2.24, 2.45) is 0 Å². The summed E-state index contributed by atoms with van der Waals surface area (Å²) < 4.78 is 2.51. The molecule has 0 fully saturated rings. The lowest BCUT2D eigenvalue weighted by Crippen LogP contribution is -2.17. The van der Waals surface area contributed by atoms with E-state index in [2.05, 4.69) is 223 Å². The predicted molar refractivity (Wildman–Crippen MR) is 245 cm³/mol. The van der Waals surface area contributed by atoms with E-state index in [1.54, 1.807) is 0 Å². The topological polar surface area (TPSA) is 8.17 Å². The van der Waals surface area contributed by atoms with Crippen molar-refractivity contribution in [2.45, 2.75) is 71.6 Å². The van der Waals surface area contributed by atoms with E-state index in [-0.39, 0.29) is 16.2 Å². The summed E-state index contributed by atoms with van der Waals surface area (Å²) in [4.78, 5) is 2.53. The number of rotatable bonds is 4. The van der Waals surface area contributed by atoms with Gasteiger partial charge in [0.05, 0.1) is 22.4 Å². The zero-order valence-electron chi connectivity index (χ0n) is 34.4. The van der Waals surface area contributed by atoms with E-state index in [0.29, 0.717) is 0 Å². The van der Waals surface area contributed by atoms with Crippen molar-refractivity contribution in [2.75, 3.05) is 4.90 Å². The maximum Gasteiger partial charge on any atom is 0.0562 e. The van der Waals surface area contributed by atoms with E-state index in [1.807, 2.05) is 0 Å². The van der Waals surface area contributed by atoms with E-state index in [4.69, 9.17) is 0 Å². The highest BCUT2D eigenvalue weighted by Crippen LogP contribution is 2.57. The van der Waals surface area contributed by atoms with E-state index >= 15 is 0 Å². The lowest BCUT2D eigenvalue weighted by Gasteiger charge is -2.30. The number of para-hydroxylation sites is 2. The minimum atomic E-state index is -0.194. The van der Waals surface area contributed by atoms with Crippen LogP contribution in [0.25, 0.3) is 60.2 Å². The predicted octanol–water partition coefficient (Wildman–Crippen LogP) is 15.5. The van der Waals surface area contributed by atoms with Crippen molar-refractivity contribution in [3.05, 3.63) is 180 Å². The van der Waals surface area contributed by atoms with Gasteiger partial charge in [0.1, 0.15) is 0 Å². The van der Waals surface area contributed by atoms with Gasteiger partial charge in [0.25, 0.3) is 0 Å². The zero-order chi connectivity index (χ0) is 39.4. The molecule has 2 heteroatoms. The summed E-state index contributed by atoms with van der Waals surface area (Å²) in [5.74, 6) is 0. The number of hydrogen-bond donors (Lipinski definition) is 0. The van der Waals surface area contributed by atoms with Crippen LogP contribution in [0.1, 0.15) is 77.6 Å². The normalized spacial score (nSPS) is 13.8. The number of nitrogens with zero attached hydrogens (tertiary/aromatic N) is 2. The van der Waals surface area contributed by atoms with Crippen LogP contribution in [0.4, 0.5) is 17.1 Å². The number of fused-ring (bicyclic) bond motifs is 10. The third kappa shape index (κ3) is 5.37. The van der Waals surface area contributed by atoms with Crippen molar-refractivity contribution >= 4 is 60.4 Å². The Balaban J connectivity index is 1.30. The highest BCUT2D eigenvalue weighted by atomic mass is 15.1. The molecule has 0 radical (unpaired) electrons. The van der Waals surface area contributed by atoms with Crippen molar-refractivity contribution in [1.29, 1.82) is 0 Å². The maximum absolute atomic E-state index is 2.53. The first-order valence-electron chi connectivity index (χ1n) is 20.4. The summed E-state index contributed by atoms with van der Waals surface area (Å²) in [6, 6.07) is 59.2. The summed E-state index contributed by atoms with van der Waals surface area (Å²) in [6.07, 6.45) is 0. The molecule has 0 amide bonds. The Hall–Kier alpha value is -6.12. The average molecular weight is 739 g/mol. The quantitative estimate of drug-likeness (QED) is 0.175. The van der Waals surface area contributed by atoms with Gasteiger partial charge in [-0.3, -0.25) is 0 Å². The second-order valence-electron chi connectivity index (χ2n) is 18.7. The van der Waals surface area contributed by atoms with Gasteiger partial charge in [0, 0.05) is 32.9 Å². The van der Waals surface area contributed by atoms with Crippen molar-refractivity contribution in [1.82, 2.24) is 4.57 Å². The first kappa shape index (κ1) is 35.3. The fraction of sp³-hybridized carbons (Fsp3) is 0.200. The van der Waals surface area contributed by atoms with Crippen LogP contribution in [0.5, 0.6) is 0 Å². The van der Waals surface area contributed by atoms with Gasteiger partial charge in [-0.15, -0.1) is 0 Å². The van der Waals surface area contributed by atoms with Crippen molar-refractivity contribution in [3.63, 3.8) is 0 Å². The first-order chi connectivity index (χ1) is 27.3. The van der Waals surface area contributed by atoms with Crippen LogP contribution >= 0.6 is 0 Å². The van der Waals surface area contributed by atoms with Crippen LogP contribution in [0.2, 0.25) is 0 Å². The summed E-state index contributed by atoms with van der Waals surface area (Å²) in [7, 11) is 0. The SMILES string of the molecule is CC(C)(C)c1cc(-n2c3ccccc3c3c(N(c4ccccc4)c4cc5c(c6ccccc46)-c4c(ccc6ccccc46)C5(C)C)cccc32)cc(C(C)(C)C)c1. The Kier molecular flexibility index (Phi) is 7.70. The number of anilines is 3. The minimum Gasteiger partial charge on any atom is -0.309 e. The molecule has 0 unspecified atom stereocenters.